The van der Waals surface area contributed by atoms with Gasteiger partial charge < -0.3 is 5.73 Å². The van der Waals surface area contributed by atoms with Crippen LogP contribution in [0.3, 0.4) is 0 Å². The molecule has 1 unspecified atom stereocenters. The molecule has 2 N–H and O–H groups in total. The fraction of sp³-hybridized carbons (Fsp3) is 0.455. The summed E-state index contributed by atoms with van der Waals surface area (Å²) in [4.78, 5) is 0.174. The van der Waals surface area contributed by atoms with Crippen LogP contribution in [0.15, 0.2) is 23.1 Å². The second-order valence-corrected chi connectivity index (χ2v) is 6.58. The lowest BCUT2D eigenvalue weighted by Crippen LogP contribution is -2.32. The van der Waals surface area contributed by atoms with E-state index in [1.807, 2.05) is 0 Å². The van der Waals surface area contributed by atoms with Crippen LogP contribution in [0.1, 0.15) is 12.0 Å². The Morgan fingerprint density at radius 3 is 2.76 bits per heavy atom. The molecule has 17 heavy (non-hydrogen) atoms. The molecule has 1 aromatic carbocycles. The van der Waals surface area contributed by atoms with Crippen LogP contribution in [0.2, 0.25) is 5.02 Å². The molecule has 1 atom stereocenters. The molecular formula is C11H15ClN2O2S. The van der Waals surface area contributed by atoms with Crippen LogP contribution in [0, 0.1) is 6.92 Å². The number of halogens is 1. The number of aryl methyl sites for hydroxylation is 1. The molecule has 1 heterocycles. The monoisotopic (exact) mass is 274 g/mol. The summed E-state index contributed by atoms with van der Waals surface area (Å²) < 4.78 is 26.1. The first-order valence-electron chi connectivity index (χ1n) is 5.44. The van der Waals surface area contributed by atoms with E-state index in [2.05, 4.69) is 0 Å². The van der Waals surface area contributed by atoms with Crippen LogP contribution in [0.4, 0.5) is 0 Å². The fourth-order valence-electron chi connectivity index (χ4n) is 1.93. The van der Waals surface area contributed by atoms with E-state index in [1.54, 1.807) is 19.1 Å². The van der Waals surface area contributed by atoms with Gasteiger partial charge in [-0.25, -0.2) is 8.42 Å². The highest BCUT2D eigenvalue weighted by Gasteiger charge is 2.32. The van der Waals surface area contributed by atoms with Gasteiger partial charge in [0.05, 0.1) is 5.02 Å². The molecule has 0 amide bonds. The minimum atomic E-state index is -3.50. The lowest BCUT2D eigenvalue weighted by Gasteiger charge is -2.17. The Labute approximate surface area is 106 Å². The van der Waals surface area contributed by atoms with Gasteiger partial charge in [0.25, 0.3) is 0 Å². The van der Waals surface area contributed by atoms with E-state index in [4.69, 9.17) is 17.3 Å². The standard InChI is InChI=1S/C11H15ClN2O2S/c1-8-3-2-4-10(11(8)12)17(15,16)14-6-5-9(13)7-14/h2-4,9H,5-7,13H2,1H3. The van der Waals surface area contributed by atoms with Gasteiger partial charge in [-0.1, -0.05) is 23.7 Å². The van der Waals surface area contributed by atoms with Gasteiger partial charge in [0.15, 0.2) is 0 Å². The zero-order valence-corrected chi connectivity index (χ0v) is 11.1. The number of nitrogens with zero attached hydrogens (tertiary/aromatic N) is 1. The zero-order chi connectivity index (χ0) is 12.6. The van der Waals surface area contributed by atoms with Gasteiger partial charge in [-0.3, -0.25) is 0 Å². The van der Waals surface area contributed by atoms with Crippen LogP contribution >= 0.6 is 11.6 Å². The molecular weight excluding hydrogens is 260 g/mol. The molecule has 1 aliphatic heterocycles. The zero-order valence-electron chi connectivity index (χ0n) is 9.56. The van der Waals surface area contributed by atoms with Gasteiger partial charge in [0.2, 0.25) is 10.0 Å². The van der Waals surface area contributed by atoms with Gasteiger partial charge in [0.1, 0.15) is 4.90 Å². The molecule has 0 aromatic heterocycles. The molecule has 94 valence electrons. The quantitative estimate of drug-likeness (QED) is 0.886. The number of hydrogen-bond donors (Lipinski definition) is 1. The smallest absolute Gasteiger partial charge is 0.244 e. The molecule has 0 aliphatic carbocycles. The minimum absolute atomic E-state index is 0.0756. The molecule has 0 spiro atoms. The normalized spacial score (nSPS) is 21.9. The molecule has 0 saturated carbocycles. The topological polar surface area (TPSA) is 63.4 Å². The maximum absolute atomic E-state index is 12.3. The number of rotatable bonds is 2. The SMILES string of the molecule is Cc1cccc(S(=O)(=O)N2CCC(N)C2)c1Cl. The molecule has 4 nitrogen and oxygen atoms in total. The Morgan fingerprint density at radius 2 is 2.18 bits per heavy atom. The highest BCUT2D eigenvalue weighted by Crippen LogP contribution is 2.28. The van der Waals surface area contributed by atoms with E-state index in [0.29, 0.717) is 24.5 Å². The van der Waals surface area contributed by atoms with Crippen molar-refractivity contribution in [2.24, 2.45) is 5.73 Å². The second-order valence-electron chi connectivity index (χ2n) is 4.30. The Bertz CT molecular complexity index is 530. The first kappa shape index (κ1) is 12.8. The average molecular weight is 275 g/mol. The van der Waals surface area contributed by atoms with Crippen LogP contribution in [0.25, 0.3) is 0 Å². The van der Waals surface area contributed by atoms with E-state index >= 15 is 0 Å². The van der Waals surface area contributed by atoms with Crippen molar-refractivity contribution in [3.05, 3.63) is 28.8 Å². The third-order valence-corrected chi connectivity index (χ3v) is 5.48. The largest absolute Gasteiger partial charge is 0.326 e. The van der Waals surface area contributed by atoms with Crippen molar-refractivity contribution in [3.8, 4) is 0 Å². The van der Waals surface area contributed by atoms with Gasteiger partial charge in [-0.2, -0.15) is 4.31 Å². The van der Waals surface area contributed by atoms with E-state index in [1.165, 1.54) is 10.4 Å². The fourth-order valence-corrected chi connectivity index (χ4v) is 4.00. The molecule has 1 fully saturated rings. The third kappa shape index (κ3) is 2.33. The van der Waals surface area contributed by atoms with Gasteiger partial charge >= 0.3 is 0 Å². The lowest BCUT2D eigenvalue weighted by atomic mass is 10.2. The van der Waals surface area contributed by atoms with Crippen molar-refractivity contribution >= 4 is 21.6 Å². The van der Waals surface area contributed by atoms with Crippen LogP contribution in [-0.4, -0.2) is 31.9 Å². The van der Waals surface area contributed by atoms with Crippen molar-refractivity contribution in [2.45, 2.75) is 24.3 Å². The summed E-state index contributed by atoms with van der Waals surface area (Å²) in [7, 11) is -3.50. The van der Waals surface area contributed by atoms with Crippen molar-refractivity contribution in [1.82, 2.24) is 4.31 Å². The van der Waals surface area contributed by atoms with E-state index in [9.17, 15) is 8.42 Å². The Kier molecular flexibility index (Phi) is 3.45. The maximum atomic E-state index is 12.3. The highest BCUT2D eigenvalue weighted by atomic mass is 35.5. The van der Waals surface area contributed by atoms with Gasteiger partial charge in [-0.15, -0.1) is 0 Å². The number of nitrogens with two attached hydrogens (primary N) is 1. The average Bonchev–Trinajstić information content (AvgIpc) is 2.69. The summed E-state index contributed by atoms with van der Waals surface area (Å²) >= 11 is 6.06. The molecule has 1 aromatic rings. The van der Waals surface area contributed by atoms with E-state index < -0.39 is 10.0 Å². The summed E-state index contributed by atoms with van der Waals surface area (Å²) in [5.41, 5.74) is 6.49. The predicted octanol–water partition coefficient (Wildman–Crippen LogP) is 1.37. The Hall–Kier alpha value is -0.620. The summed E-state index contributed by atoms with van der Waals surface area (Å²) in [5, 5.41) is 0.299. The molecule has 0 bridgehead atoms. The number of hydrogen-bond acceptors (Lipinski definition) is 3. The highest BCUT2D eigenvalue weighted by molar-refractivity contribution is 7.89. The first-order chi connectivity index (χ1) is 7.93. The maximum Gasteiger partial charge on any atom is 0.244 e. The van der Waals surface area contributed by atoms with Crippen LogP contribution in [0.5, 0.6) is 0 Å². The molecule has 0 radical (unpaired) electrons. The van der Waals surface area contributed by atoms with E-state index in [-0.39, 0.29) is 10.9 Å². The summed E-state index contributed by atoms with van der Waals surface area (Å²) in [6.45, 7) is 2.62. The van der Waals surface area contributed by atoms with Crippen molar-refractivity contribution in [1.29, 1.82) is 0 Å². The lowest BCUT2D eigenvalue weighted by molar-refractivity contribution is 0.472. The van der Waals surface area contributed by atoms with Crippen molar-refractivity contribution < 1.29 is 8.42 Å². The number of benzene rings is 1. The second kappa shape index (κ2) is 4.57. The Balaban J connectivity index is 2.42. The Morgan fingerprint density at radius 1 is 1.47 bits per heavy atom. The van der Waals surface area contributed by atoms with Crippen LogP contribution < -0.4 is 5.73 Å². The predicted molar refractivity (Wildman–Crippen MR) is 67.5 cm³/mol. The first-order valence-corrected chi connectivity index (χ1v) is 7.25. The van der Waals surface area contributed by atoms with Gasteiger partial charge in [0, 0.05) is 19.1 Å². The van der Waals surface area contributed by atoms with Crippen molar-refractivity contribution in [3.63, 3.8) is 0 Å². The molecule has 2 rings (SSSR count). The molecule has 1 saturated heterocycles. The third-order valence-electron chi connectivity index (χ3n) is 2.96. The molecule has 1 aliphatic rings. The number of sulfonamides is 1. The van der Waals surface area contributed by atoms with Gasteiger partial charge in [-0.05, 0) is 25.0 Å². The van der Waals surface area contributed by atoms with Crippen LogP contribution in [-0.2, 0) is 10.0 Å². The summed E-state index contributed by atoms with van der Waals surface area (Å²) in [5.74, 6) is 0. The molecule has 6 heteroatoms. The minimum Gasteiger partial charge on any atom is -0.326 e. The summed E-state index contributed by atoms with van der Waals surface area (Å²) in [6.07, 6.45) is 0.697. The van der Waals surface area contributed by atoms with Crippen molar-refractivity contribution in [2.75, 3.05) is 13.1 Å². The summed E-state index contributed by atoms with van der Waals surface area (Å²) in [6, 6.07) is 4.95. The van der Waals surface area contributed by atoms with E-state index in [0.717, 1.165) is 5.56 Å².